The Morgan fingerprint density at radius 3 is 2.47 bits per heavy atom. The van der Waals surface area contributed by atoms with Crippen LogP contribution in [0.1, 0.15) is 26.3 Å². The number of nitrogens with one attached hydrogen (secondary N) is 1. The number of hydrogen-bond acceptors (Lipinski definition) is 3. The van der Waals surface area contributed by atoms with Crippen LogP contribution >= 0.6 is 0 Å². The molecule has 1 N–H and O–H groups in total. The van der Waals surface area contributed by atoms with Gasteiger partial charge < -0.3 is 15.0 Å². The zero-order chi connectivity index (χ0) is 14.3. The van der Waals surface area contributed by atoms with Crippen molar-refractivity contribution < 1.29 is 9.53 Å². The fraction of sp³-hybridized carbons (Fsp3) is 0.533. The largest absolute Gasteiger partial charge is 0.491 e. The van der Waals surface area contributed by atoms with Gasteiger partial charge in [-0.1, -0.05) is 19.1 Å². The smallest absolute Gasteiger partial charge is 0.236 e. The average molecular weight is 264 g/mol. The predicted octanol–water partition coefficient (Wildman–Crippen LogP) is 2.04. The van der Waals surface area contributed by atoms with Crippen LogP contribution in [0.4, 0.5) is 0 Å². The summed E-state index contributed by atoms with van der Waals surface area (Å²) in [4.78, 5) is 13.5. The zero-order valence-electron chi connectivity index (χ0n) is 12.3. The van der Waals surface area contributed by atoms with Crippen molar-refractivity contribution >= 4 is 5.91 Å². The van der Waals surface area contributed by atoms with Gasteiger partial charge in [0.15, 0.2) is 0 Å². The van der Waals surface area contributed by atoms with Gasteiger partial charge in [-0.25, -0.2) is 0 Å². The van der Waals surface area contributed by atoms with Crippen LogP contribution < -0.4 is 10.1 Å². The van der Waals surface area contributed by atoms with Crippen LogP contribution in [-0.2, 0) is 11.3 Å². The monoisotopic (exact) mass is 264 g/mol. The Bertz CT molecular complexity index is 388. The fourth-order valence-electron chi connectivity index (χ4n) is 1.67. The minimum Gasteiger partial charge on any atom is -0.491 e. The molecule has 0 aromatic heterocycles. The highest BCUT2D eigenvalue weighted by molar-refractivity contribution is 5.77. The van der Waals surface area contributed by atoms with Gasteiger partial charge in [0.2, 0.25) is 5.91 Å². The third-order valence-corrected chi connectivity index (χ3v) is 2.67. The normalized spacial score (nSPS) is 10.6. The van der Waals surface area contributed by atoms with Crippen molar-refractivity contribution in [1.29, 1.82) is 0 Å². The summed E-state index contributed by atoms with van der Waals surface area (Å²) in [6.07, 6.45) is 0.176. The Morgan fingerprint density at radius 2 is 1.95 bits per heavy atom. The first kappa shape index (κ1) is 15.5. The summed E-state index contributed by atoms with van der Waals surface area (Å²) in [6, 6.07) is 7.87. The molecule has 0 radical (unpaired) electrons. The first-order valence-corrected chi connectivity index (χ1v) is 6.73. The molecule has 19 heavy (non-hydrogen) atoms. The molecule has 1 rings (SSSR count). The molecule has 0 saturated heterocycles. The van der Waals surface area contributed by atoms with Crippen LogP contribution in [0.5, 0.6) is 5.75 Å². The van der Waals surface area contributed by atoms with E-state index in [1.165, 1.54) is 0 Å². The van der Waals surface area contributed by atoms with Crippen LogP contribution in [0.25, 0.3) is 0 Å². The van der Waals surface area contributed by atoms with Crippen molar-refractivity contribution in [3.05, 3.63) is 29.8 Å². The summed E-state index contributed by atoms with van der Waals surface area (Å²) in [5.74, 6) is 0.963. The number of carbonyl (C=O) groups is 1. The molecule has 0 atom stereocenters. The highest BCUT2D eigenvalue weighted by Gasteiger charge is 2.08. The maximum absolute atomic E-state index is 11.8. The second-order valence-electron chi connectivity index (χ2n) is 4.84. The van der Waals surface area contributed by atoms with Gasteiger partial charge in [0.1, 0.15) is 5.75 Å². The van der Waals surface area contributed by atoms with Crippen molar-refractivity contribution in [1.82, 2.24) is 10.2 Å². The molecule has 1 aromatic rings. The SMILES string of the molecule is CCNCC(=O)N(C)Cc1ccc(OC(C)C)cc1. The van der Waals surface area contributed by atoms with E-state index in [-0.39, 0.29) is 12.0 Å². The zero-order valence-corrected chi connectivity index (χ0v) is 12.3. The first-order valence-electron chi connectivity index (χ1n) is 6.73. The molecule has 4 heteroatoms. The molecule has 0 bridgehead atoms. The molecule has 1 aromatic carbocycles. The topological polar surface area (TPSA) is 41.6 Å². The van der Waals surface area contributed by atoms with E-state index in [2.05, 4.69) is 5.32 Å². The summed E-state index contributed by atoms with van der Waals surface area (Å²) in [5.41, 5.74) is 1.10. The highest BCUT2D eigenvalue weighted by Crippen LogP contribution is 2.14. The standard InChI is InChI=1S/C15H24N2O2/c1-5-16-10-15(18)17(4)11-13-6-8-14(9-7-13)19-12(2)3/h6-9,12,16H,5,10-11H2,1-4H3. The summed E-state index contributed by atoms with van der Waals surface area (Å²) < 4.78 is 5.58. The Morgan fingerprint density at radius 1 is 1.32 bits per heavy atom. The number of rotatable bonds is 7. The van der Waals surface area contributed by atoms with E-state index in [1.54, 1.807) is 4.90 Å². The highest BCUT2D eigenvalue weighted by atomic mass is 16.5. The van der Waals surface area contributed by atoms with Crippen LogP contribution in [-0.4, -0.2) is 37.0 Å². The molecule has 0 saturated carbocycles. The molecule has 0 fully saturated rings. The Hall–Kier alpha value is -1.55. The van der Waals surface area contributed by atoms with Crippen molar-refractivity contribution in [3.63, 3.8) is 0 Å². The summed E-state index contributed by atoms with van der Waals surface area (Å²) in [5, 5.41) is 3.03. The van der Waals surface area contributed by atoms with E-state index in [0.717, 1.165) is 17.9 Å². The first-order chi connectivity index (χ1) is 9.02. The van der Waals surface area contributed by atoms with Gasteiger partial charge >= 0.3 is 0 Å². The maximum atomic E-state index is 11.8. The van der Waals surface area contributed by atoms with Crippen LogP contribution in [0, 0.1) is 0 Å². The van der Waals surface area contributed by atoms with Crippen molar-refractivity contribution in [3.8, 4) is 5.75 Å². The molecule has 0 spiro atoms. The Balaban J connectivity index is 2.50. The van der Waals surface area contributed by atoms with E-state index in [1.807, 2.05) is 52.1 Å². The molecule has 1 amide bonds. The van der Waals surface area contributed by atoms with Crippen molar-refractivity contribution in [2.24, 2.45) is 0 Å². The van der Waals surface area contributed by atoms with Gasteiger partial charge in [-0.15, -0.1) is 0 Å². The molecular weight excluding hydrogens is 240 g/mol. The lowest BCUT2D eigenvalue weighted by molar-refractivity contribution is -0.129. The third kappa shape index (κ3) is 5.75. The number of ether oxygens (including phenoxy) is 1. The van der Waals surface area contributed by atoms with Gasteiger partial charge in [-0.2, -0.15) is 0 Å². The summed E-state index contributed by atoms with van der Waals surface area (Å²) >= 11 is 0. The average Bonchev–Trinajstić information content (AvgIpc) is 2.37. The summed E-state index contributed by atoms with van der Waals surface area (Å²) in [7, 11) is 1.82. The molecule has 0 unspecified atom stereocenters. The number of likely N-dealkylation sites (N-methyl/N-ethyl adjacent to an activating group) is 2. The molecule has 0 heterocycles. The molecule has 0 aliphatic rings. The molecule has 0 aliphatic carbocycles. The predicted molar refractivity (Wildman–Crippen MR) is 77.2 cm³/mol. The fourth-order valence-corrected chi connectivity index (χ4v) is 1.67. The lowest BCUT2D eigenvalue weighted by atomic mass is 10.2. The molecular formula is C15H24N2O2. The lowest BCUT2D eigenvalue weighted by Gasteiger charge is -2.18. The second kappa shape index (κ2) is 7.79. The molecule has 4 nitrogen and oxygen atoms in total. The van der Waals surface area contributed by atoms with E-state index >= 15 is 0 Å². The molecule has 0 aliphatic heterocycles. The van der Waals surface area contributed by atoms with Gasteiger partial charge in [-0.05, 0) is 38.1 Å². The number of nitrogens with zero attached hydrogens (tertiary/aromatic N) is 1. The number of carbonyl (C=O) groups excluding carboxylic acids is 1. The van der Waals surface area contributed by atoms with E-state index in [0.29, 0.717) is 13.1 Å². The third-order valence-electron chi connectivity index (χ3n) is 2.67. The number of benzene rings is 1. The second-order valence-corrected chi connectivity index (χ2v) is 4.84. The lowest BCUT2D eigenvalue weighted by Crippen LogP contribution is -2.35. The minimum absolute atomic E-state index is 0.101. The van der Waals surface area contributed by atoms with E-state index < -0.39 is 0 Å². The van der Waals surface area contributed by atoms with Crippen LogP contribution in [0.2, 0.25) is 0 Å². The van der Waals surface area contributed by atoms with Gasteiger partial charge in [-0.3, -0.25) is 4.79 Å². The number of amides is 1. The number of hydrogen-bond donors (Lipinski definition) is 1. The summed E-state index contributed by atoms with van der Waals surface area (Å²) in [6.45, 7) is 7.80. The molecule has 106 valence electrons. The Kier molecular flexibility index (Phi) is 6.36. The van der Waals surface area contributed by atoms with Crippen LogP contribution in [0.15, 0.2) is 24.3 Å². The van der Waals surface area contributed by atoms with E-state index in [4.69, 9.17) is 4.74 Å². The van der Waals surface area contributed by atoms with Gasteiger partial charge in [0.05, 0.1) is 12.6 Å². The van der Waals surface area contributed by atoms with E-state index in [9.17, 15) is 4.79 Å². The van der Waals surface area contributed by atoms with Gasteiger partial charge in [0, 0.05) is 13.6 Å². The van der Waals surface area contributed by atoms with Gasteiger partial charge in [0.25, 0.3) is 0 Å². The minimum atomic E-state index is 0.101. The quantitative estimate of drug-likeness (QED) is 0.819. The van der Waals surface area contributed by atoms with Crippen molar-refractivity contribution in [2.45, 2.75) is 33.4 Å². The van der Waals surface area contributed by atoms with Crippen molar-refractivity contribution in [2.75, 3.05) is 20.1 Å². The Labute approximate surface area is 115 Å². The van der Waals surface area contributed by atoms with Crippen LogP contribution in [0.3, 0.4) is 0 Å². The maximum Gasteiger partial charge on any atom is 0.236 e.